The molecule has 0 fully saturated rings. The van der Waals surface area contributed by atoms with Crippen LogP contribution < -0.4 is 0 Å². The van der Waals surface area contributed by atoms with Crippen molar-refractivity contribution < 1.29 is 13.2 Å². The van der Waals surface area contributed by atoms with Gasteiger partial charge in [0.2, 0.25) is 0 Å². The number of aromatic nitrogens is 1. The molecule has 1 nitrogen and oxygen atoms in total. The number of rotatable bonds is 1. The van der Waals surface area contributed by atoms with Crippen molar-refractivity contribution >= 4 is 0 Å². The van der Waals surface area contributed by atoms with Crippen molar-refractivity contribution in [1.82, 2.24) is 4.98 Å². The van der Waals surface area contributed by atoms with Crippen LogP contribution in [0.15, 0.2) is 30.5 Å². The van der Waals surface area contributed by atoms with Gasteiger partial charge in [-0.05, 0) is 30.7 Å². The second-order valence-corrected chi connectivity index (χ2v) is 3.44. The first-order valence-corrected chi connectivity index (χ1v) is 4.66. The molecule has 0 bridgehead atoms. The van der Waals surface area contributed by atoms with Crippen molar-refractivity contribution in [1.29, 1.82) is 0 Å². The summed E-state index contributed by atoms with van der Waals surface area (Å²) in [5, 5.41) is 0. The van der Waals surface area contributed by atoms with Crippen molar-refractivity contribution in [2.24, 2.45) is 0 Å². The van der Waals surface area contributed by atoms with E-state index in [1.165, 1.54) is 12.3 Å². The molecule has 0 aliphatic carbocycles. The summed E-state index contributed by atoms with van der Waals surface area (Å²) in [7, 11) is 0. The van der Waals surface area contributed by atoms with E-state index in [0.717, 1.165) is 11.6 Å². The van der Waals surface area contributed by atoms with Gasteiger partial charge in [-0.2, -0.15) is 0 Å². The summed E-state index contributed by atoms with van der Waals surface area (Å²) in [5.74, 6) is -3.88. The smallest absolute Gasteiger partial charge is 0.195 e. The standard InChI is InChI=1S/C12H8F3N/c1-7-2-5-10(16-6-7)8-3-4-9(13)12(15)11(8)14/h2-6H,1H3. The average molecular weight is 223 g/mol. The Morgan fingerprint density at radius 1 is 0.938 bits per heavy atom. The molecule has 0 aliphatic heterocycles. The Morgan fingerprint density at radius 3 is 2.31 bits per heavy atom. The van der Waals surface area contributed by atoms with Crippen LogP contribution in [0.4, 0.5) is 13.2 Å². The Morgan fingerprint density at radius 2 is 1.69 bits per heavy atom. The van der Waals surface area contributed by atoms with Crippen molar-refractivity contribution in [2.45, 2.75) is 6.92 Å². The highest BCUT2D eigenvalue weighted by atomic mass is 19.2. The van der Waals surface area contributed by atoms with Gasteiger partial charge in [0.1, 0.15) is 0 Å². The van der Waals surface area contributed by atoms with Gasteiger partial charge in [-0.25, -0.2) is 13.2 Å². The van der Waals surface area contributed by atoms with Crippen LogP contribution in [0.3, 0.4) is 0 Å². The van der Waals surface area contributed by atoms with E-state index in [2.05, 4.69) is 4.98 Å². The summed E-state index contributed by atoms with van der Waals surface area (Å²) in [4.78, 5) is 3.95. The quantitative estimate of drug-likeness (QED) is 0.674. The third kappa shape index (κ3) is 1.78. The van der Waals surface area contributed by atoms with Gasteiger partial charge in [-0.3, -0.25) is 4.98 Å². The van der Waals surface area contributed by atoms with Gasteiger partial charge >= 0.3 is 0 Å². The lowest BCUT2D eigenvalue weighted by Gasteiger charge is -2.04. The van der Waals surface area contributed by atoms with Gasteiger partial charge in [0.05, 0.1) is 5.69 Å². The molecule has 0 radical (unpaired) electrons. The Labute approximate surface area is 90.6 Å². The molecule has 2 aromatic rings. The molecule has 82 valence electrons. The molecule has 0 saturated heterocycles. The highest BCUT2D eigenvalue weighted by Gasteiger charge is 2.14. The molecule has 0 saturated carbocycles. The Kier molecular flexibility index (Phi) is 2.64. The summed E-state index contributed by atoms with van der Waals surface area (Å²) in [6, 6.07) is 5.34. The number of nitrogens with zero attached hydrogens (tertiary/aromatic N) is 1. The number of hydrogen-bond donors (Lipinski definition) is 0. The van der Waals surface area contributed by atoms with Crippen LogP contribution in [0.5, 0.6) is 0 Å². The van der Waals surface area contributed by atoms with E-state index < -0.39 is 17.5 Å². The van der Waals surface area contributed by atoms with E-state index in [1.807, 2.05) is 6.92 Å². The van der Waals surface area contributed by atoms with Gasteiger partial charge in [0.25, 0.3) is 0 Å². The predicted octanol–water partition coefficient (Wildman–Crippen LogP) is 3.47. The monoisotopic (exact) mass is 223 g/mol. The van der Waals surface area contributed by atoms with E-state index in [-0.39, 0.29) is 11.3 Å². The number of aryl methyl sites for hydroxylation is 1. The number of benzene rings is 1. The SMILES string of the molecule is Cc1ccc(-c2ccc(F)c(F)c2F)nc1. The third-order valence-corrected chi connectivity index (χ3v) is 2.22. The summed E-state index contributed by atoms with van der Waals surface area (Å²) >= 11 is 0. The molecular weight excluding hydrogens is 215 g/mol. The molecule has 1 aromatic carbocycles. The fourth-order valence-electron chi connectivity index (χ4n) is 1.35. The molecule has 1 aromatic heterocycles. The number of hydrogen-bond acceptors (Lipinski definition) is 1. The van der Waals surface area contributed by atoms with Crippen molar-refractivity contribution in [3.05, 3.63) is 53.5 Å². The maximum absolute atomic E-state index is 13.4. The van der Waals surface area contributed by atoms with E-state index in [4.69, 9.17) is 0 Å². The largest absolute Gasteiger partial charge is 0.256 e. The summed E-state index contributed by atoms with van der Waals surface area (Å²) in [5.41, 5.74) is 1.15. The zero-order valence-electron chi connectivity index (χ0n) is 8.47. The van der Waals surface area contributed by atoms with Crippen molar-refractivity contribution in [3.63, 3.8) is 0 Å². The first-order valence-electron chi connectivity index (χ1n) is 4.66. The molecular formula is C12H8F3N. The molecule has 0 atom stereocenters. The van der Waals surface area contributed by atoms with Crippen LogP contribution in [0.1, 0.15) is 5.56 Å². The van der Waals surface area contributed by atoms with E-state index in [9.17, 15) is 13.2 Å². The molecule has 1 heterocycles. The minimum absolute atomic E-state index is 0.0427. The third-order valence-electron chi connectivity index (χ3n) is 2.22. The second-order valence-electron chi connectivity index (χ2n) is 3.44. The van der Waals surface area contributed by atoms with Crippen molar-refractivity contribution in [3.8, 4) is 11.3 Å². The normalized spacial score (nSPS) is 10.5. The average Bonchev–Trinajstić information content (AvgIpc) is 2.28. The number of halogens is 3. The van der Waals surface area contributed by atoms with Crippen LogP contribution in [0, 0.1) is 24.4 Å². The zero-order chi connectivity index (χ0) is 11.7. The summed E-state index contributed by atoms with van der Waals surface area (Å²) < 4.78 is 39.1. The molecule has 0 amide bonds. The molecule has 4 heteroatoms. The molecule has 0 spiro atoms. The Bertz CT molecular complexity index is 521. The second kappa shape index (κ2) is 3.96. The lowest BCUT2D eigenvalue weighted by Crippen LogP contribution is -1.95. The van der Waals surface area contributed by atoms with Gasteiger partial charge in [0, 0.05) is 11.8 Å². The zero-order valence-corrected chi connectivity index (χ0v) is 8.47. The molecule has 0 aliphatic rings. The fourth-order valence-corrected chi connectivity index (χ4v) is 1.35. The van der Waals surface area contributed by atoms with Gasteiger partial charge < -0.3 is 0 Å². The fraction of sp³-hybridized carbons (Fsp3) is 0.0833. The summed E-state index contributed by atoms with van der Waals surface area (Å²) in [6.45, 7) is 1.83. The van der Waals surface area contributed by atoms with Crippen LogP contribution in [-0.2, 0) is 0 Å². The van der Waals surface area contributed by atoms with E-state index in [1.54, 1.807) is 12.1 Å². The highest BCUT2D eigenvalue weighted by Crippen LogP contribution is 2.24. The lowest BCUT2D eigenvalue weighted by molar-refractivity contribution is 0.449. The number of pyridine rings is 1. The Balaban J connectivity index is 2.57. The minimum atomic E-state index is -1.47. The molecule has 16 heavy (non-hydrogen) atoms. The molecule has 0 N–H and O–H groups in total. The minimum Gasteiger partial charge on any atom is -0.256 e. The van der Waals surface area contributed by atoms with Crippen LogP contribution in [0.25, 0.3) is 11.3 Å². The summed E-state index contributed by atoms with van der Waals surface area (Å²) in [6.07, 6.45) is 1.54. The predicted molar refractivity (Wildman–Crippen MR) is 54.3 cm³/mol. The molecule has 0 unspecified atom stereocenters. The van der Waals surface area contributed by atoms with E-state index in [0.29, 0.717) is 0 Å². The van der Waals surface area contributed by atoms with Crippen LogP contribution in [-0.4, -0.2) is 4.98 Å². The van der Waals surface area contributed by atoms with Crippen molar-refractivity contribution in [2.75, 3.05) is 0 Å². The maximum Gasteiger partial charge on any atom is 0.195 e. The lowest BCUT2D eigenvalue weighted by atomic mass is 10.1. The van der Waals surface area contributed by atoms with Gasteiger partial charge in [-0.1, -0.05) is 6.07 Å². The van der Waals surface area contributed by atoms with Crippen LogP contribution >= 0.6 is 0 Å². The van der Waals surface area contributed by atoms with Gasteiger partial charge in [0.15, 0.2) is 17.5 Å². The highest BCUT2D eigenvalue weighted by molar-refractivity contribution is 5.60. The topological polar surface area (TPSA) is 12.9 Å². The van der Waals surface area contributed by atoms with Crippen LogP contribution in [0.2, 0.25) is 0 Å². The Hall–Kier alpha value is -1.84. The molecule has 2 rings (SSSR count). The first kappa shape index (κ1) is 10.7. The van der Waals surface area contributed by atoms with E-state index >= 15 is 0 Å². The first-order chi connectivity index (χ1) is 7.59. The van der Waals surface area contributed by atoms with Gasteiger partial charge in [-0.15, -0.1) is 0 Å². The maximum atomic E-state index is 13.4.